The highest BCUT2D eigenvalue weighted by molar-refractivity contribution is 5.21. The molecule has 0 spiro atoms. The zero-order chi connectivity index (χ0) is 16.2. The summed E-state index contributed by atoms with van der Waals surface area (Å²) < 4.78 is 0. The second kappa shape index (κ2) is 7.58. The maximum Gasteiger partial charge on any atom is 0.0446 e. The molecule has 0 amide bonds. The van der Waals surface area contributed by atoms with Crippen molar-refractivity contribution in [3.05, 3.63) is 35.4 Å². The highest BCUT2D eigenvalue weighted by Gasteiger charge is 2.28. The van der Waals surface area contributed by atoms with Crippen molar-refractivity contribution in [3.63, 3.8) is 0 Å². The molecule has 3 nitrogen and oxygen atoms in total. The molecular weight excluding hydrogens is 272 g/mol. The van der Waals surface area contributed by atoms with Crippen LogP contribution in [0.25, 0.3) is 0 Å². The number of piperazine rings is 1. The van der Waals surface area contributed by atoms with E-state index in [1.54, 1.807) is 0 Å². The largest absolute Gasteiger partial charge is 0.396 e. The third-order valence-corrected chi connectivity index (χ3v) is 4.36. The van der Waals surface area contributed by atoms with E-state index in [4.69, 9.17) is 0 Å². The van der Waals surface area contributed by atoms with E-state index in [0.29, 0.717) is 11.5 Å². The lowest BCUT2D eigenvalue weighted by molar-refractivity contribution is 0.0382. The van der Waals surface area contributed by atoms with Gasteiger partial charge in [0.05, 0.1) is 0 Å². The second-order valence-corrected chi connectivity index (χ2v) is 7.92. The quantitative estimate of drug-likeness (QED) is 0.906. The van der Waals surface area contributed by atoms with E-state index in [2.05, 4.69) is 61.8 Å². The summed E-state index contributed by atoms with van der Waals surface area (Å²) in [6, 6.07) is 9.29. The van der Waals surface area contributed by atoms with E-state index in [0.717, 1.165) is 39.1 Å². The van der Waals surface area contributed by atoms with Crippen LogP contribution in [0.3, 0.4) is 0 Å². The van der Waals surface area contributed by atoms with Gasteiger partial charge in [-0.2, -0.15) is 0 Å². The topological polar surface area (TPSA) is 26.7 Å². The van der Waals surface area contributed by atoms with E-state index in [1.165, 1.54) is 11.1 Å². The normalized spacial score (nSPS) is 21.2. The van der Waals surface area contributed by atoms with Crippen LogP contribution >= 0.6 is 0 Å². The van der Waals surface area contributed by atoms with Crippen LogP contribution in [-0.2, 0) is 6.54 Å². The maximum atomic E-state index is 9.41. The van der Waals surface area contributed by atoms with Crippen molar-refractivity contribution in [2.24, 2.45) is 5.41 Å². The fourth-order valence-corrected chi connectivity index (χ4v) is 3.33. The van der Waals surface area contributed by atoms with E-state index >= 15 is 0 Å². The van der Waals surface area contributed by atoms with Gasteiger partial charge in [0.1, 0.15) is 0 Å². The molecule has 22 heavy (non-hydrogen) atoms. The van der Waals surface area contributed by atoms with Gasteiger partial charge in [0.25, 0.3) is 0 Å². The molecule has 1 atom stereocenters. The van der Waals surface area contributed by atoms with Gasteiger partial charge >= 0.3 is 0 Å². The van der Waals surface area contributed by atoms with Gasteiger partial charge in [0.2, 0.25) is 0 Å². The number of aliphatic hydroxyl groups excluding tert-OH is 1. The van der Waals surface area contributed by atoms with Crippen LogP contribution in [-0.4, -0.2) is 53.7 Å². The minimum absolute atomic E-state index is 0.276. The second-order valence-electron chi connectivity index (χ2n) is 7.92. The molecule has 0 radical (unpaired) electrons. The molecule has 0 saturated carbocycles. The van der Waals surface area contributed by atoms with Gasteiger partial charge in [-0.05, 0) is 24.3 Å². The molecule has 0 aliphatic carbocycles. The minimum atomic E-state index is 0.276. The van der Waals surface area contributed by atoms with Gasteiger partial charge in [-0.25, -0.2) is 0 Å². The van der Waals surface area contributed by atoms with Gasteiger partial charge in [-0.3, -0.25) is 9.80 Å². The number of aliphatic hydroxyl groups is 1. The van der Waals surface area contributed by atoms with Crippen molar-refractivity contribution in [2.75, 3.05) is 32.8 Å². The molecule has 1 saturated heterocycles. The predicted molar refractivity (Wildman–Crippen MR) is 93.0 cm³/mol. The fourth-order valence-electron chi connectivity index (χ4n) is 3.33. The van der Waals surface area contributed by atoms with Crippen molar-refractivity contribution < 1.29 is 5.11 Å². The molecule has 1 N–H and O–H groups in total. The summed E-state index contributed by atoms with van der Waals surface area (Å²) in [7, 11) is 0. The molecule has 1 aromatic carbocycles. The Morgan fingerprint density at radius 3 is 2.41 bits per heavy atom. The lowest BCUT2D eigenvalue weighted by Gasteiger charge is -2.43. The first-order valence-electron chi connectivity index (χ1n) is 8.50. The Hall–Kier alpha value is -0.900. The third-order valence-electron chi connectivity index (χ3n) is 4.36. The van der Waals surface area contributed by atoms with E-state index < -0.39 is 0 Å². The van der Waals surface area contributed by atoms with Crippen LogP contribution in [0.2, 0.25) is 0 Å². The Kier molecular flexibility index (Phi) is 6.01. The summed E-state index contributed by atoms with van der Waals surface area (Å²) in [5.41, 5.74) is 3.02. The average Bonchev–Trinajstić information content (AvgIpc) is 2.43. The van der Waals surface area contributed by atoms with Crippen LogP contribution in [0.1, 0.15) is 38.3 Å². The Bertz CT molecular complexity index is 449. The van der Waals surface area contributed by atoms with E-state index in [9.17, 15) is 5.11 Å². The third kappa shape index (κ3) is 5.38. The molecule has 1 heterocycles. The summed E-state index contributed by atoms with van der Waals surface area (Å²) in [5, 5.41) is 9.41. The van der Waals surface area contributed by atoms with Crippen molar-refractivity contribution in [2.45, 2.75) is 46.7 Å². The molecule has 0 bridgehead atoms. The molecule has 1 aromatic rings. The lowest BCUT2D eigenvalue weighted by atomic mass is 9.95. The van der Waals surface area contributed by atoms with Gasteiger partial charge in [-0.15, -0.1) is 0 Å². The maximum absolute atomic E-state index is 9.41. The van der Waals surface area contributed by atoms with Gasteiger partial charge in [0.15, 0.2) is 0 Å². The molecule has 2 rings (SSSR count). The average molecular weight is 304 g/mol. The van der Waals surface area contributed by atoms with Gasteiger partial charge < -0.3 is 5.11 Å². The van der Waals surface area contributed by atoms with Gasteiger partial charge in [0, 0.05) is 45.4 Å². The van der Waals surface area contributed by atoms with Crippen LogP contribution in [0.4, 0.5) is 0 Å². The highest BCUT2D eigenvalue weighted by Crippen LogP contribution is 2.21. The molecule has 1 fully saturated rings. The van der Waals surface area contributed by atoms with Crippen LogP contribution in [0.15, 0.2) is 24.3 Å². The lowest BCUT2D eigenvalue weighted by Crippen LogP contribution is -2.54. The van der Waals surface area contributed by atoms with Crippen LogP contribution in [0.5, 0.6) is 0 Å². The standard InChI is InChI=1S/C19H32N2O/c1-16-5-7-17(8-6-16)13-21-11-10-20(15-19(2,3)4)14-18(21)9-12-22/h5-8,18,22H,9-15H2,1-4H3. The van der Waals surface area contributed by atoms with Crippen molar-refractivity contribution >= 4 is 0 Å². The zero-order valence-electron chi connectivity index (χ0n) is 14.7. The summed E-state index contributed by atoms with van der Waals surface area (Å²) in [6.45, 7) is 14.7. The first kappa shape index (κ1) is 17.5. The Labute approximate surface area is 135 Å². The first-order valence-corrected chi connectivity index (χ1v) is 8.50. The van der Waals surface area contributed by atoms with Crippen LogP contribution < -0.4 is 0 Å². The monoisotopic (exact) mass is 304 g/mol. The van der Waals surface area contributed by atoms with Crippen LogP contribution in [0, 0.1) is 12.3 Å². The van der Waals surface area contributed by atoms with Gasteiger partial charge in [-0.1, -0.05) is 50.6 Å². The summed E-state index contributed by atoms with van der Waals surface area (Å²) >= 11 is 0. The Morgan fingerprint density at radius 1 is 1.14 bits per heavy atom. The van der Waals surface area contributed by atoms with Crippen molar-refractivity contribution in [3.8, 4) is 0 Å². The number of hydrogen-bond acceptors (Lipinski definition) is 3. The molecule has 124 valence electrons. The fraction of sp³-hybridized carbons (Fsp3) is 0.684. The summed E-state index contributed by atoms with van der Waals surface area (Å²) in [4.78, 5) is 5.10. The SMILES string of the molecule is Cc1ccc(CN2CCN(CC(C)(C)C)CC2CCO)cc1. The van der Waals surface area contributed by atoms with Crippen molar-refractivity contribution in [1.82, 2.24) is 9.80 Å². The molecular formula is C19H32N2O. The number of nitrogens with zero attached hydrogens (tertiary/aromatic N) is 2. The number of aryl methyl sites for hydroxylation is 1. The number of rotatable bonds is 5. The Balaban J connectivity index is 1.97. The molecule has 3 heteroatoms. The van der Waals surface area contributed by atoms with Crippen molar-refractivity contribution in [1.29, 1.82) is 0 Å². The zero-order valence-corrected chi connectivity index (χ0v) is 14.7. The molecule has 0 aromatic heterocycles. The first-order chi connectivity index (χ1) is 10.4. The molecule has 1 unspecified atom stereocenters. The predicted octanol–water partition coefficient (Wildman–Crippen LogP) is 2.91. The minimum Gasteiger partial charge on any atom is -0.396 e. The number of hydrogen-bond donors (Lipinski definition) is 1. The number of benzene rings is 1. The summed E-state index contributed by atoms with van der Waals surface area (Å²) in [6.07, 6.45) is 0.868. The van der Waals surface area contributed by atoms with E-state index in [1.807, 2.05) is 0 Å². The smallest absolute Gasteiger partial charge is 0.0446 e. The van der Waals surface area contributed by atoms with E-state index in [-0.39, 0.29) is 6.61 Å². The Morgan fingerprint density at radius 2 is 1.82 bits per heavy atom. The molecule has 1 aliphatic heterocycles. The molecule has 1 aliphatic rings. The summed E-state index contributed by atoms with van der Waals surface area (Å²) in [5.74, 6) is 0. The highest BCUT2D eigenvalue weighted by atomic mass is 16.3.